The number of benzene rings is 3. The van der Waals surface area contributed by atoms with Crippen LogP contribution in [0.25, 0.3) is 0 Å². The Labute approximate surface area is 182 Å². The summed E-state index contributed by atoms with van der Waals surface area (Å²) in [7, 11) is 0. The molecule has 8 heteroatoms. The Morgan fingerprint density at radius 3 is 2.31 bits per heavy atom. The van der Waals surface area contributed by atoms with E-state index in [2.05, 4.69) is 10.6 Å². The molecule has 164 valence electrons. The molecule has 1 heterocycles. The van der Waals surface area contributed by atoms with Crippen LogP contribution in [0.3, 0.4) is 0 Å². The van der Waals surface area contributed by atoms with E-state index in [1.807, 2.05) is 24.3 Å². The number of carbonyl (C=O) groups is 2. The number of fused-ring (bicyclic) bond motifs is 1. The number of para-hydroxylation sites is 1. The largest absolute Gasteiger partial charge is 0.418 e. The van der Waals surface area contributed by atoms with Crippen molar-refractivity contribution >= 4 is 23.3 Å². The number of rotatable bonds is 3. The lowest BCUT2D eigenvalue weighted by Crippen LogP contribution is -2.36. The summed E-state index contributed by atoms with van der Waals surface area (Å²) < 4.78 is 39.4. The molecular formula is C24H20F3N3O2. The normalized spacial score (nSPS) is 13.3. The fraction of sp³-hybridized carbons (Fsp3) is 0.167. The van der Waals surface area contributed by atoms with Gasteiger partial charge in [-0.3, -0.25) is 4.79 Å². The second-order valence-electron chi connectivity index (χ2n) is 7.45. The van der Waals surface area contributed by atoms with Crippen LogP contribution in [0.4, 0.5) is 29.3 Å². The summed E-state index contributed by atoms with van der Waals surface area (Å²) in [6.07, 6.45) is -3.90. The van der Waals surface area contributed by atoms with Gasteiger partial charge in [0, 0.05) is 24.3 Å². The number of anilines is 2. The van der Waals surface area contributed by atoms with E-state index < -0.39 is 17.8 Å². The maximum Gasteiger partial charge on any atom is 0.418 e. The van der Waals surface area contributed by atoms with Gasteiger partial charge in [-0.05, 0) is 53.9 Å². The van der Waals surface area contributed by atoms with Gasteiger partial charge < -0.3 is 15.5 Å². The van der Waals surface area contributed by atoms with E-state index in [-0.39, 0.29) is 11.6 Å². The molecule has 0 saturated carbocycles. The molecule has 0 aliphatic carbocycles. The van der Waals surface area contributed by atoms with Crippen molar-refractivity contribution in [2.75, 3.05) is 17.2 Å². The molecule has 2 N–H and O–H groups in total. The van der Waals surface area contributed by atoms with Crippen molar-refractivity contribution in [2.45, 2.75) is 19.1 Å². The van der Waals surface area contributed by atoms with Crippen LogP contribution in [-0.4, -0.2) is 23.4 Å². The quantitative estimate of drug-likeness (QED) is 0.562. The molecule has 0 radical (unpaired) electrons. The lowest BCUT2D eigenvalue weighted by Gasteiger charge is -2.29. The Morgan fingerprint density at radius 2 is 1.56 bits per heavy atom. The van der Waals surface area contributed by atoms with Crippen LogP contribution < -0.4 is 10.6 Å². The number of nitrogens with one attached hydrogen (secondary N) is 2. The minimum Gasteiger partial charge on any atom is -0.334 e. The van der Waals surface area contributed by atoms with Gasteiger partial charge in [0.1, 0.15) is 0 Å². The van der Waals surface area contributed by atoms with E-state index in [9.17, 15) is 22.8 Å². The van der Waals surface area contributed by atoms with Crippen LogP contribution in [0, 0.1) is 0 Å². The molecule has 0 saturated heterocycles. The van der Waals surface area contributed by atoms with E-state index in [0.717, 1.165) is 17.2 Å². The first kappa shape index (κ1) is 21.4. The fourth-order valence-corrected chi connectivity index (χ4v) is 3.70. The van der Waals surface area contributed by atoms with Crippen molar-refractivity contribution in [3.8, 4) is 0 Å². The van der Waals surface area contributed by atoms with E-state index in [0.29, 0.717) is 30.8 Å². The first-order chi connectivity index (χ1) is 15.3. The predicted octanol–water partition coefficient (Wildman–Crippen LogP) is 5.55. The SMILES string of the molecule is O=C(Nc1ccc2c(c1)CN(C(=O)c1ccccc1)CC2)Nc1ccccc1C(F)(F)F. The average molecular weight is 439 g/mol. The lowest BCUT2D eigenvalue weighted by atomic mass is 9.98. The number of carbonyl (C=O) groups excluding carboxylic acids is 2. The highest BCUT2D eigenvalue weighted by molar-refractivity contribution is 6.00. The van der Waals surface area contributed by atoms with Crippen molar-refractivity contribution in [3.05, 3.63) is 95.1 Å². The van der Waals surface area contributed by atoms with E-state index >= 15 is 0 Å². The van der Waals surface area contributed by atoms with E-state index in [4.69, 9.17) is 0 Å². The molecule has 3 aromatic carbocycles. The molecular weight excluding hydrogens is 419 g/mol. The van der Waals surface area contributed by atoms with E-state index in [1.54, 1.807) is 29.2 Å². The number of halogens is 3. The molecule has 0 aromatic heterocycles. The van der Waals surface area contributed by atoms with Crippen LogP contribution in [-0.2, 0) is 19.1 Å². The second-order valence-corrected chi connectivity index (χ2v) is 7.45. The first-order valence-electron chi connectivity index (χ1n) is 10.0. The Balaban J connectivity index is 1.46. The average Bonchev–Trinajstić information content (AvgIpc) is 2.78. The fourth-order valence-electron chi connectivity index (χ4n) is 3.70. The third-order valence-electron chi connectivity index (χ3n) is 5.27. The molecule has 0 fully saturated rings. The third kappa shape index (κ3) is 4.74. The van der Waals surface area contributed by atoms with Gasteiger partial charge in [-0.2, -0.15) is 13.2 Å². The highest BCUT2D eigenvalue weighted by atomic mass is 19.4. The van der Waals surface area contributed by atoms with Crippen LogP contribution in [0.5, 0.6) is 0 Å². The zero-order valence-electron chi connectivity index (χ0n) is 16.9. The summed E-state index contributed by atoms with van der Waals surface area (Å²) in [6, 6.07) is 18.3. The Hall–Kier alpha value is -3.81. The molecule has 32 heavy (non-hydrogen) atoms. The van der Waals surface area contributed by atoms with Gasteiger partial charge in [0.2, 0.25) is 0 Å². The van der Waals surface area contributed by atoms with Gasteiger partial charge in [0.25, 0.3) is 5.91 Å². The number of amides is 3. The van der Waals surface area contributed by atoms with Crippen molar-refractivity contribution in [3.63, 3.8) is 0 Å². The smallest absolute Gasteiger partial charge is 0.334 e. The number of alkyl halides is 3. The maximum atomic E-state index is 13.1. The maximum absolute atomic E-state index is 13.1. The first-order valence-corrected chi connectivity index (χ1v) is 10.0. The standard InChI is InChI=1S/C24H20F3N3O2/c25-24(26,27)20-8-4-5-9-21(20)29-23(32)28-19-11-10-16-12-13-30(15-18(16)14-19)22(31)17-6-2-1-3-7-17/h1-11,14H,12-13,15H2,(H2,28,29,32). The molecule has 0 spiro atoms. The zero-order chi connectivity index (χ0) is 22.7. The number of hydrogen-bond donors (Lipinski definition) is 2. The van der Waals surface area contributed by atoms with Gasteiger partial charge in [-0.15, -0.1) is 0 Å². The molecule has 3 amide bonds. The summed E-state index contributed by atoms with van der Waals surface area (Å²) in [5.74, 6) is -0.0730. The van der Waals surface area contributed by atoms with Crippen LogP contribution in [0.2, 0.25) is 0 Å². The van der Waals surface area contributed by atoms with Crippen molar-refractivity contribution in [1.29, 1.82) is 0 Å². The monoisotopic (exact) mass is 439 g/mol. The van der Waals surface area contributed by atoms with Gasteiger partial charge in [0.15, 0.2) is 0 Å². The van der Waals surface area contributed by atoms with Gasteiger partial charge in [0.05, 0.1) is 11.3 Å². The molecule has 1 aliphatic rings. The molecule has 0 atom stereocenters. The van der Waals surface area contributed by atoms with Crippen LogP contribution in [0.15, 0.2) is 72.8 Å². The summed E-state index contributed by atoms with van der Waals surface area (Å²) in [5, 5.41) is 4.83. The lowest BCUT2D eigenvalue weighted by molar-refractivity contribution is -0.136. The highest BCUT2D eigenvalue weighted by Gasteiger charge is 2.33. The van der Waals surface area contributed by atoms with Crippen LogP contribution >= 0.6 is 0 Å². The number of hydrogen-bond acceptors (Lipinski definition) is 2. The molecule has 0 unspecified atom stereocenters. The van der Waals surface area contributed by atoms with Gasteiger partial charge in [-0.25, -0.2) is 4.79 Å². The van der Waals surface area contributed by atoms with Crippen molar-refractivity contribution in [2.24, 2.45) is 0 Å². The summed E-state index contributed by atoms with van der Waals surface area (Å²) in [4.78, 5) is 26.8. The van der Waals surface area contributed by atoms with E-state index in [1.165, 1.54) is 18.2 Å². The second kappa shape index (κ2) is 8.74. The molecule has 1 aliphatic heterocycles. The molecule has 5 nitrogen and oxygen atoms in total. The topological polar surface area (TPSA) is 61.4 Å². The summed E-state index contributed by atoms with van der Waals surface area (Å²) >= 11 is 0. The minimum absolute atomic E-state index is 0.0730. The summed E-state index contributed by atoms with van der Waals surface area (Å²) in [6.45, 7) is 0.972. The van der Waals surface area contributed by atoms with Gasteiger partial charge in [-0.1, -0.05) is 36.4 Å². The Morgan fingerprint density at radius 1 is 0.844 bits per heavy atom. The van der Waals surface area contributed by atoms with Gasteiger partial charge >= 0.3 is 12.2 Å². The predicted molar refractivity (Wildman–Crippen MR) is 115 cm³/mol. The molecule has 3 aromatic rings. The molecule has 4 rings (SSSR count). The third-order valence-corrected chi connectivity index (χ3v) is 5.27. The Kier molecular flexibility index (Phi) is 5.85. The number of nitrogens with zero attached hydrogens (tertiary/aromatic N) is 1. The van der Waals surface area contributed by atoms with Crippen molar-refractivity contribution < 1.29 is 22.8 Å². The number of urea groups is 1. The van der Waals surface area contributed by atoms with Crippen LogP contribution in [0.1, 0.15) is 27.0 Å². The molecule has 0 bridgehead atoms. The minimum atomic E-state index is -4.58. The van der Waals surface area contributed by atoms with Crippen molar-refractivity contribution in [1.82, 2.24) is 4.90 Å². The Bertz CT molecular complexity index is 1150. The zero-order valence-corrected chi connectivity index (χ0v) is 16.9. The summed E-state index contributed by atoms with van der Waals surface area (Å²) in [5.41, 5.74) is 1.74. The highest BCUT2D eigenvalue weighted by Crippen LogP contribution is 2.34.